The van der Waals surface area contributed by atoms with Crippen molar-refractivity contribution in [2.45, 2.75) is 19.4 Å². The third-order valence-corrected chi connectivity index (χ3v) is 3.24. The van der Waals surface area contributed by atoms with E-state index in [4.69, 9.17) is 10.6 Å². The molecule has 0 saturated carbocycles. The number of aryl methyl sites for hydroxylation is 1. The van der Waals surface area contributed by atoms with Crippen LogP contribution < -0.4 is 11.3 Å². The molecule has 0 amide bonds. The molecule has 4 heteroatoms. The topological polar surface area (TPSA) is 47.3 Å². The molecule has 2 heterocycles. The van der Waals surface area contributed by atoms with E-state index in [1.54, 1.807) is 11.3 Å². The minimum Gasteiger partial charge on any atom is -0.501 e. The van der Waals surface area contributed by atoms with Crippen LogP contribution in [0.5, 0.6) is 0 Å². The number of nitrogens with two attached hydrogens (primary N) is 1. The van der Waals surface area contributed by atoms with Crippen molar-refractivity contribution in [3.05, 3.63) is 33.7 Å². The van der Waals surface area contributed by atoms with E-state index in [1.165, 1.54) is 16.0 Å². The van der Waals surface area contributed by atoms with Crippen LogP contribution in [0.15, 0.2) is 23.3 Å². The fourth-order valence-corrected chi connectivity index (χ4v) is 2.38. The summed E-state index contributed by atoms with van der Waals surface area (Å²) in [5.74, 6) is 5.55. The molecule has 0 aromatic carbocycles. The average molecular weight is 210 g/mol. The Morgan fingerprint density at radius 3 is 3.00 bits per heavy atom. The molecule has 76 valence electrons. The van der Waals surface area contributed by atoms with E-state index in [0.29, 0.717) is 0 Å². The molecule has 3 N–H and O–H groups in total. The van der Waals surface area contributed by atoms with Gasteiger partial charge < -0.3 is 4.74 Å². The molecule has 1 aliphatic rings. The van der Waals surface area contributed by atoms with Crippen LogP contribution in [0.1, 0.15) is 22.9 Å². The maximum absolute atomic E-state index is 5.55. The van der Waals surface area contributed by atoms with Crippen molar-refractivity contribution in [3.8, 4) is 0 Å². The SMILES string of the molecule is Cc1cc(C(NN)C2=COCC2)cs1. The Kier molecular flexibility index (Phi) is 2.86. The molecule has 1 atom stereocenters. The minimum absolute atomic E-state index is 0.113. The van der Waals surface area contributed by atoms with Crippen LogP contribution in [0, 0.1) is 6.92 Å². The highest BCUT2D eigenvalue weighted by atomic mass is 32.1. The Labute approximate surface area is 87.5 Å². The van der Waals surface area contributed by atoms with Gasteiger partial charge in [-0.25, -0.2) is 5.43 Å². The normalized spacial score (nSPS) is 17.7. The van der Waals surface area contributed by atoms with Crippen LogP contribution in [-0.4, -0.2) is 6.61 Å². The maximum atomic E-state index is 5.55. The van der Waals surface area contributed by atoms with Gasteiger partial charge in [-0.05, 0) is 29.5 Å². The fraction of sp³-hybridized carbons (Fsp3) is 0.400. The lowest BCUT2D eigenvalue weighted by Gasteiger charge is -2.14. The van der Waals surface area contributed by atoms with Crippen molar-refractivity contribution in [1.29, 1.82) is 0 Å². The first-order valence-electron chi connectivity index (χ1n) is 4.63. The molecule has 0 aliphatic carbocycles. The quantitative estimate of drug-likeness (QED) is 0.591. The summed E-state index contributed by atoms with van der Waals surface area (Å²) >= 11 is 1.74. The molecule has 0 radical (unpaired) electrons. The lowest BCUT2D eigenvalue weighted by molar-refractivity contribution is 0.281. The molecule has 2 rings (SSSR count). The molecule has 1 unspecified atom stereocenters. The summed E-state index contributed by atoms with van der Waals surface area (Å²) in [7, 11) is 0. The van der Waals surface area contributed by atoms with Gasteiger partial charge in [0.15, 0.2) is 0 Å². The molecule has 0 saturated heterocycles. The highest BCUT2D eigenvalue weighted by Gasteiger charge is 2.19. The van der Waals surface area contributed by atoms with E-state index in [2.05, 4.69) is 23.8 Å². The van der Waals surface area contributed by atoms with Crippen molar-refractivity contribution < 1.29 is 4.74 Å². The first-order chi connectivity index (χ1) is 6.81. The Morgan fingerprint density at radius 2 is 2.50 bits per heavy atom. The monoisotopic (exact) mass is 210 g/mol. The lowest BCUT2D eigenvalue weighted by Crippen LogP contribution is -2.28. The van der Waals surface area contributed by atoms with Crippen LogP contribution in [0.25, 0.3) is 0 Å². The highest BCUT2D eigenvalue weighted by molar-refractivity contribution is 7.10. The summed E-state index contributed by atoms with van der Waals surface area (Å²) in [5.41, 5.74) is 5.29. The van der Waals surface area contributed by atoms with E-state index < -0.39 is 0 Å². The summed E-state index contributed by atoms with van der Waals surface area (Å²) in [6.07, 6.45) is 2.78. The van der Waals surface area contributed by atoms with Crippen molar-refractivity contribution in [2.24, 2.45) is 5.84 Å². The van der Waals surface area contributed by atoms with Gasteiger partial charge in [0.1, 0.15) is 0 Å². The van der Waals surface area contributed by atoms with Crippen LogP contribution >= 0.6 is 11.3 Å². The van der Waals surface area contributed by atoms with Crippen LogP contribution in [0.4, 0.5) is 0 Å². The van der Waals surface area contributed by atoms with E-state index >= 15 is 0 Å². The molecule has 3 nitrogen and oxygen atoms in total. The Balaban J connectivity index is 2.20. The summed E-state index contributed by atoms with van der Waals surface area (Å²) in [6.45, 7) is 2.87. The van der Waals surface area contributed by atoms with Crippen LogP contribution in [0.3, 0.4) is 0 Å². The third kappa shape index (κ3) is 1.82. The van der Waals surface area contributed by atoms with Gasteiger partial charge in [-0.15, -0.1) is 11.3 Å². The molecule has 0 fully saturated rings. The average Bonchev–Trinajstić information content (AvgIpc) is 2.79. The molecular formula is C10H14N2OS. The Bertz CT molecular complexity index is 346. The highest BCUT2D eigenvalue weighted by Crippen LogP contribution is 2.29. The number of nitrogens with one attached hydrogen (secondary N) is 1. The molecule has 14 heavy (non-hydrogen) atoms. The van der Waals surface area contributed by atoms with Crippen molar-refractivity contribution in [3.63, 3.8) is 0 Å². The number of ether oxygens (including phenoxy) is 1. The summed E-state index contributed by atoms with van der Waals surface area (Å²) in [6, 6.07) is 2.27. The van der Waals surface area contributed by atoms with Crippen molar-refractivity contribution in [1.82, 2.24) is 5.43 Å². The van der Waals surface area contributed by atoms with E-state index in [1.807, 2.05) is 6.26 Å². The zero-order valence-corrected chi connectivity index (χ0v) is 8.93. The second-order valence-electron chi connectivity index (χ2n) is 3.40. The van der Waals surface area contributed by atoms with Gasteiger partial charge in [0, 0.05) is 11.3 Å². The Hall–Kier alpha value is -0.840. The number of hydrazine groups is 1. The Morgan fingerprint density at radius 1 is 1.64 bits per heavy atom. The van der Waals surface area contributed by atoms with Gasteiger partial charge >= 0.3 is 0 Å². The van der Waals surface area contributed by atoms with Gasteiger partial charge in [-0.3, -0.25) is 5.84 Å². The third-order valence-electron chi connectivity index (χ3n) is 2.36. The summed E-state index contributed by atoms with van der Waals surface area (Å²) in [5, 5.41) is 2.14. The fourth-order valence-electron chi connectivity index (χ4n) is 1.65. The van der Waals surface area contributed by atoms with E-state index in [-0.39, 0.29) is 6.04 Å². The first kappa shape index (κ1) is 9.71. The van der Waals surface area contributed by atoms with Crippen molar-refractivity contribution in [2.75, 3.05) is 6.61 Å². The number of hydrogen-bond donors (Lipinski definition) is 2. The van der Waals surface area contributed by atoms with Gasteiger partial charge in [0.2, 0.25) is 0 Å². The second-order valence-corrected chi connectivity index (χ2v) is 4.52. The van der Waals surface area contributed by atoms with E-state index in [9.17, 15) is 0 Å². The molecule has 1 aromatic rings. The number of hydrogen-bond acceptors (Lipinski definition) is 4. The largest absolute Gasteiger partial charge is 0.501 e. The first-order valence-corrected chi connectivity index (χ1v) is 5.51. The predicted octanol–water partition coefficient (Wildman–Crippen LogP) is 1.87. The summed E-state index contributed by atoms with van der Waals surface area (Å²) in [4.78, 5) is 1.31. The molecular weight excluding hydrogens is 196 g/mol. The predicted molar refractivity (Wildman–Crippen MR) is 57.8 cm³/mol. The zero-order chi connectivity index (χ0) is 9.97. The smallest absolute Gasteiger partial charge is 0.0912 e. The molecule has 0 bridgehead atoms. The standard InChI is InChI=1S/C10H14N2OS/c1-7-4-9(6-14-7)10(12-11)8-2-3-13-5-8/h4-6,10,12H,2-3,11H2,1H3. The lowest BCUT2D eigenvalue weighted by atomic mass is 10.0. The number of rotatable bonds is 3. The van der Waals surface area contributed by atoms with Crippen molar-refractivity contribution >= 4 is 11.3 Å². The summed E-state index contributed by atoms with van der Waals surface area (Å²) < 4.78 is 5.21. The molecule has 1 aliphatic heterocycles. The minimum atomic E-state index is 0.113. The molecule has 0 spiro atoms. The number of thiophene rings is 1. The van der Waals surface area contributed by atoms with Gasteiger partial charge in [0.05, 0.1) is 18.9 Å². The maximum Gasteiger partial charge on any atom is 0.0912 e. The van der Waals surface area contributed by atoms with Gasteiger partial charge in [-0.1, -0.05) is 0 Å². The van der Waals surface area contributed by atoms with Gasteiger partial charge in [-0.2, -0.15) is 0 Å². The van der Waals surface area contributed by atoms with Crippen LogP contribution in [0.2, 0.25) is 0 Å². The zero-order valence-electron chi connectivity index (χ0n) is 8.12. The van der Waals surface area contributed by atoms with Gasteiger partial charge in [0.25, 0.3) is 0 Å². The molecule has 1 aromatic heterocycles. The second kappa shape index (κ2) is 4.13. The van der Waals surface area contributed by atoms with E-state index in [0.717, 1.165) is 13.0 Å². The van der Waals surface area contributed by atoms with Crippen LogP contribution in [-0.2, 0) is 4.74 Å².